The van der Waals surface area contributed by atoms with Gasteiger partial charge in [0.2, 0.25) is 0 Å². The second-order valence-electron chi connectivity index (χ2n) is 12.4. The lowest BCUT2D eigenvalue weighted by Gasteiger charge is -2.18. The predicted molar refractivity (Wildman–Crippen MR) is 177 cm³/mol. The fourth-order valence-corrected chi connectivity index (χ4v) is 5.53. The molecule has 0 aliphatic rings. The summed E-state index contributed by atoms with van der Waals surface area (Å²) in [5, 5.41) is 8.69. The maximum atomic E-state index is 12.5. The maximum absolute atomic E-state index is 12.5. The third-order valence-electron chi connectivity index (χ3n) is 8.24. The standard InChI is InChI=1S/C37H70O4/c1-3-5-7-8-9-10-11-12-13-14-15-16-17-18-23-26-30-34-37(40)41-35(31-27-6-4-2)32-28-24-21-19-20-22-25-29-33-36(38)39/h12-13,35H,3-11,14-34H2,1-2H3,(H,38,39)/b13-12-. The van der Waals surface area contributed by atoms with E-state index in [4.69, 9.17) is 9.84 Å². The van der Waals surface area contributed by atoms with Crippen LogP contribution in [0.1, 0.15) is 206 Å². The van der Waals surface area contributed by atoms with Crippen LogP contribution in [-0.4, -0.2) is 23.1 Å². The van der Waals surface area contributed by atoms with Crippen molar-refractivity contribution in [1.82, 2.24) is 0 Å². The van der Waals surface area contributed by atoms with Gasteiger partial charge < -0.3 is 9.84 Å². The number of carboxylic acids is 1. The van der Waals surface area contributed by atoms with Gasteiger partial charge in [0.1, 0.15) is 6.10 Å². The van der Waals surface area contributed by atoms with Gasteiger partial charge in [-0.2, -0.15) is 0 Å². The van der Waals surface area contributed by atoms with Crippen molar-refractivity contribution in [1.29, 1.82) is 0 Å². The highest BCUT2D eigenvalue weighted by molar-refractivity contribution is 5.69. The molecule has 0 amide bonds. The Balaban J connectivity index is 3.71. The first-order valence-corrected chi connectivity index (χ1v) is 18.2. The molecule has 0 aromatic carbocycles. The molecule has 0 fully saturated rings. The summed E-state index contributed by atoms with van der Waals surface area (Å²) in [6.45, 7) is 4.50. The Hall–Kier alpha value is -1.32. The summed E-state index contributed by atoms with van der Waals surface area (Å²) in [7, 11) is 0. The molecule has 0 bridgehead atoms. The van der Waals surface area contributed by atoms with Crippen LogP contribution in [0.15, 0.2) is 12.2 Å². The number of carboxylic acid groups (broad SMARTS) is 1. The molecule has 0 aliphatic carbocycles. The fraction of sp³-hybridized carbons (Fsp3) is 0.892. The molecule has 0 aromatic heterocycles. The Kier molecular flexibility index (Phi) is 32.1. The highest BCUT2D eigenvalue weighted by Gasteiger charge is 2.14. The summed E-state index contributed by atoms with van der Waals surface area (Å²) in [6.07, 6.45) is 39.7. The van der Waals surface area contributed by atoms with Gasteiger partial charge in [-0.15, -0.1) is 0 Å². The van der Waals surface area contributed by atoms with Gasteiger partial charge in [0.05, 0.1) is 0 Å². The third kappa shape index (κ3) is 33.1. The van der Waals surface area contributed by atoms with Gasteiger partial charge >= 0.3 is 11.9 Å². The largest absolute Gasteiger partial charge is 0.481 e. The average Bonchev–Trinajstić information content (AvgIpc) is 2.95. The molecular weight excluding hydrogens is 508 g/mol. The molecular formula is C37H70O4. The Bertz CT molecular complexity index is 585. The van der Waals surface area contributed by atoms with E-state index in [0.29, 0.717) is 12.8 Å². The van der Waals surface area contributed by atoms with Crippen LogP contribution in [-0.2, 0) is 14.3 Å². The minimum absolute atomic E-state index is 0.0144. The first kappa shape index (κ1) is 39.7. The van der Waals surface area contributed by atoms with E-state index in [0.717, 1.165) is 57.8 Å². The van der Waals surface area contributed by atoms with Crippen LogP contribution in [0.2, 0.25) is 0 Å². The number of carbonyl (C=O) groups is 2. The van der Waals surface area contributed by atoms with E-state index < -0.39 is 5.97 Å². The first-order chi connectivity index (χ1) is 20.1. The summed E-state index contributed by atoms with van der Waals surface area (Å²) in [5.41, 5.74) is 0. The van der Waals surface area contributed by atoms with Crippen molar-refractivity contribution in [3.8, 4) is 0 Å². The van der Waals surface area contributed by atoms with E-state index >= 15 is 0 Å². The summed E-state index contributed by atoms with van der Waals surface area (Å²) < 4.78 is 5.92. The minimum atomic E-state index is -0.683. The smallest absolute Gasteiger partial charge is 0.306 e. The van der Waals surface area contributed by atoms with Crippen LogP contribution < -0.4 is 0 Å². The third-order valence-corrected chi connectivity index (χ3v) is 8.24. The van der Waals surface area contributed by atoms with Gasteiger partial charge in [0.25, 0.3) is 0 Å². The maximum Gasteiger partial charge on any atom is 0.306 e. The molecule has 4 heteroatoms. The van der Waals surface area contributed by atoms with Gasteiger partial charge in [0.15, 0.2) is 0 Å². The number of rotatable bonds is 33. The van der Waals surface area contributed by atoms with Crippen molar-refractivity contribution in [2.45, 2.75) is 213 Å². The van der Waals surface area contributed by atoms with E-state index in [1.165, 1.54) is 122 Å². The van der Waals surface area contributed by atoms with Crippen LogP contribution >= 0.6 is 0 Å². The molecule has 242 valence electrons. The summed E-state index contributed by atoms with van der Waals surface area (Å²) in [5.74, 6) is -0.668. The number of allylic oxidation sites excluding steroid dienone is 2. The Morgan fingerprint density at radius 1 is 0.512 bits per heavy atom. The van der Waals surface area contributed by atoms with Crippen molar-refractivity contribution in [3.05, 3.63) is 12.2 Å². The lowest BCUT2D eigenvalue weighted by atomic mass is 10.0. The molecule has 0 aromatic rings. The van der Waals surface area contributed by atoms with E-state index in [1.807, 2.05) is 0 Å². The molecule has 0 saturated heterocycles. The number of aliphatic carboxylic acids is 1. The zero-order valence-electron chi connectivity index (χ0n) is 27.6. The van der Waals surface area contributed by atoms with E-state index in [1.54, 1.807) is 0 Å². The van der Waals surface area contributed by atoms with Crippen LogP contribution in [0, 0.1) is 0 Å². The lowest BCUT2D eigenvalue weighted by Crippen LogP contribution is -2.18. The van der Waals surface area contributed by atoms with E-state index in [2.05, 4.69) is 26.0 Å². The van der Waals surface area contributed by atoms with Gasteiger partial charge in [0, 0.05) is 12.8 Å². The molecule has 0 aliphatic heterocycles. The van der Waals surface area contributed by atoms with Gasteiger partial charge in [-0.1, -0.05) is 142 Å². The van der Waals surface area contributed by atoms with Crippen LogP contribution in [0.4, 0.5) is 0 Å². The second-order valence-corrected chi connectivity index (χ2v) is 12.4. The SMILES string of the molecule is CCCCCCCC/C=C\CCCCCCCCCC(=O)OC(CCCCC)CCCCCCCCCCC(=O)O. The number of esters is 1. The van der Waals surface area contributed by atoms with E-state index in [-0.39, 0.29) is 12.1 Å². The molecule has 1 unspecified atom stereocenters. The Morgan fingerprint density at radius 2 is 0.878 bits per heavy atom. The van der Waals surface area contributed by atoms with Crippen molar-refractivity contribution in [2.75, 3.05) is 0 Å². The van der Waals surface area contributed by atoms with Crippen LogP contribution in [0.25, 0.3) is 0 Å². The lowest BCUT2D eigenvalue weighted by molar-refractivity contribution is -0.150. The fourth-order valence-electron chi connectivity index (χ4n) is 5.53. The van der Waals surface area contributed by atoms with Gasteiger partial charge in [-0.3, -0.25) is 9.59 Å². The molecule has 1 N–H and O–H groups in total. The zero-order chi connectivity index (χ0) is 30.1. The highest BCUT2D eigenvalue weighted by Crippen LogP contribution is 2.18. The predicted octanol–water partition coefficient (Wildman–Crippen LogP) is 12.3. The van der Waals surface area contributed by atoms with Crippen molar-refractivity contribution in [3.63, 3.8) is 0 Å². The first-order valence-electron chi connectivity index (χ1n) is 18.2. The number of carbonyl (C=O) groups excluding carboxylic acids is 1. The van der Waals surface area contributed by atoms with Gasteiger partial charge in [-0.05, 0) is 64.2 Å². The Morgan fingerprint density at radius 3 is 1.37 bits per heavy atom. The molecule has 0 spiro atoms. The number of hydrogen-bond acceptors (Lipinski definition) is 3. The Labute approximate surface area is 255 Å². The van der Waals surface area contributed by atoms with Crippen molar-refractivity contribution < 1.29 is 19.4 Å². The average molecular weight is 579 g/mol. The van der Waals surface area contributed by atoms with Gasteiger partial charge in [-0.25, -0.2) is 0 Å². The summed E-state index contributed by atoms with van der Waals surface area (Å²) >= 11 is 0. The summed E-state index contributed by atoms with van der Waals surface area (Å²) in [6, 6.07) is 0. The number of hydrogen-bond donors (Lipinski definition) is 1. The molecule has 0 saturated carbocycles. The monoisotopic (exact) mass is 579 g/mol. The van der Waals surface area contributed by atoms with E-state index in [9.17, 15) is 9.59 Å². The normalized spacial score (nSPS) is 12.2. The molecule has 0 heterocycles. The minimum Gasteiger partial charge on any atom is -0.481 e. The van der Waals surface area contributed by atoms with Crippen LogP contribution in [0.3, 0.4) is 0 Å². The molecule has 0 rings (SSSR count). The molecule has 41 heavy (non-hydrogen) atoms. The number of ether oxygens (including phenoxy) is 1. The summed E-state index contributed by atoms with van der Waals surface area (Å²) in [4.78, 5) is 23.0. The molecule has 0 radical (unpaired) electrons. The topological polar surface area (TPSA) is 63.6 Å². The quantitative estimate of drug-likeness (QED) is 0.0478. The molecule has 4 nitrogen and oxygen atoms in total. The highest BCUT2D eigenvalue weighted by atomic mass is 16.5. The molecule has 1 atom stereocenters. The number of unbranched alkanes of at least 4 members (excludes halogenated alkanes) is 22. The van der Waals surface area contributed by atoms with Crippen LogP contribution in [0.5, 0.6) is 0 Å². The van der Waals surface area contributed by atoms with Crippen molar-refractivity contribution in [2.24, 2.45) is 0 Å². The second kappa shape index (κ2) is 33.2. The zero-order valence-corrected chi connectivity index (χ0v) is 27.6. The van der Waals surface area contributed by atoms with Crippen molar-refractivity contribution >= 4 is 11.9 Å².